The largest absolute Gasteiger partial charge is 0.310 e. The van der Waals surface area contributed by atoms with E-state index in [2.05, 4.69) is 18.3 Å². The van der Waals surface area contributed by atoms with Gasteiger partial charge in [0.05, 0.1) is 0 Å². The Morgan fingerprint density at radius 3 is 2.76 bits per heavy atom. The van der Waals surface area contributed by atoms with Crippen LogP contribution in [0.2, 0.25) is 0 Å². The first-order chi connectivity index (χ1) is 8.24. The maximum atomic E-state index is 12.9. The van der Waals surface area contributed by atoms with Gasteiger partial charge in [-0.3, -0.25) is 0 Å². The Kier molecular flexibility index (Phi) is 2.73. The SMILES string of the molecule is CC1NCCc2sc(-c3ccc(F)cc3)cc21. The van der Waals surface area contributed by atoms with Crippen LogP contribution < -0.4 is 5.32 Å². The summed E-state index contributed by atoms with van der Waals surface area (Å²) < 4.78 is 12.9. The fourth-order valence-electron chi connectivity index (χ4n) is 2.27. The lowest BCUT2D eigenvalue weighted by Crippen LogP contribution is -2.26. The number of nitrogens with one attached hydrogen (secondary N) is 1. The third kappa shape index (κ3) is 2.01. The summed E-state index contributed by atoms with van der Waals surface area (Å²) in [6, 6.07) is 9.43. The molecule has 3 heteroatoms. The van der Waals surface area contributed by atoms with Crippen LogP contribution in [0.4, 0.5) is 4.39 Å². The van der Waals surface area contributed by atoms with Crippen molar-refractivity contribution in [3.8, 4) is 10.4 Å². The Bertz CT molecular complexity index is 530. The summed E-state index contributed by atoms with van der Waals surface area (Å²) in [6.07, 6.45) is 1.10. The summed E-state index contributed by atoms with van der Waals surface area (Å²) in [5.74, 6) is -0.176. The van der Waals surface area contributed by atoms with Crippen molar-refractivity contribution in [2.45, 2.75) is 19.4 Å². The zero-order valence-electron chi connectivity index (χ0n) is 9.66. The van der Waals surface area contributed by atoms with Crippen LogP contribution in [0.1, 0.15) is 23.4 Å². The van der Waals surface area contributed by atoms with Gasteiger partial charge in [0.1, 0.15) is 5.82 Å². The minimum Gasteiger partial charge on any atom is -0.310 e. The Labute approximate surface area is 104 Å². The van der Waals surface area contributed by atoms with Gasteiger partial charge in [0.15, 0.2) is 0 Å². The second kappa shape index (κ2) is 4.24. The summed E-state index contributed by atoms with van der Waals surface area (Å²) in [7, 11) is 0. The summed E-state index contributed by atoms with van der Waals surface area (Å²) in [6.45, 7) is 3.25. The smallest absolute Gasteiger partial charge is 0.123 e. The molecule has 1 unspecified atom stereocenters. The molecule has 1 aromatic carbocycles. The Balaban J connectivity index is 2.02. The summed E-state index contributed by atoms with van der Waals surface area (Å²) >= 11 is 1.84. The molecule has 1 aromatic heterocycles. The standard InChI is InChI=1S/C14H14FNS/c1-9-12-8-14(17-13(12)6-7-16-9)10-2-4-11(15)5-3-10/h2-5,8-9,16H,6-7H2,1H3. The molecule has 0 saturated heterocycles. The van der Waals surface area contributed by atoms with Crippen LogP contribution in [0.25, 0.3) is 10.4 Å². The predicted octanol–water partition coefficient (Wildman–Crippen LogP) is 3.76. The Morgan fingerprint density at radius 1 is 1.29 bits per heavy atom. The van der Waals surface area contributed by atoms with Gasteiger partial charge in [0.2, 0.25) is 0 Å². The van der Waals surface area contributed by atoms with Crippen molar-refractivity contribution in [1.82, 2.24) is 5.32 Å². The van der Waals surface area contributed by atoms with Crippen LogP contribution >= 0.6 is 11.3 Å². The molecule has 88 valence electrons. The summed E-state index contributed by atoms with van der Waals surface area (Å²) in [5.41, 5.74) is 2.51. The van der Waals surface area contributed by atoms with Gasteiger partial charge in [0, 0.05) is 22.3 Å². The van der Waals surface area contributed by atoms with E-state index in [0.717, 1.165) is 18.5 Å². The van der Waals surface area contributed by atoms with E-state index in [1.165, 1.54) is 27.5 Å². The highest BCUT2D eigenvalue weighted by atomic mass is 32.1. The predicted molar refractivity (Wildman–Crippen MR) is 69.8 cm³/mol. The average Bonchev–Trinajstić information content (AvgIpc) is 2.75. The number of thiophene rings is 1. The van der Waals surface area contributed by atoms with Gasteiger partial charge in [-0.2, -0.15) is 0 Å². The highest BCUT2D eigenvalue weighted by Crippen LogP contribution is 2.36. The molecule has 0 radical (unpaired) electrons. The second-order valence-corrected chi connectivity index (χ2v) is 5.56. The summed E-state index contributed by atoms with van der Waals surface area (Å²) in [5, 5.41) is 3.46. The van der Waals surface area contributed by atoms with Gasteiger partial charge in [-0.1, -0.05) is 12.1 Å². The van der Waals surface area contributed by atoms with E-state index in [4.69, 9.17) is 0 Å². The van der Waals surface area contributed by atoms with E-state index < -0.39 is 0 Å². The normalized spacial score (nSPS) is 19.1. The molecule has 1 aliphatic rings. The third-order valence-electron chi connectivity index (χ3n) is 3.24. The maximum absolute atomic E-state index is 12.9. The van der Waals surface area contributed by atoms with Crippen molar-refractivity contribution in [3.05, 3.63) is 46.6 Å². The van der Waals surface area contributed by atoms with Crippen molar-refractivity contribution in [2.24, 2.45) is 0 Å². The molecule has 1 aliphatic heterocycles. The van der Waals surface area contributed by atoms with Crippen LogP contribution in [-0.4, -0.2) is 6.54 Å². The van der Waals surface area contributed by atoms with Crippen LogP contribution in [0.5, 0.6) is 0 Å². The lowest BCUT2D eigenvalue weighted by molar-refractivity contribution is 0.547. The monoisotopic (exact) mass is 247 g/mol. The van der Waals surface area contributed by atoms with Crippen molar-refractivity contribution in [1.29, 1.82) is 0 Å². The zero-order chi connectivity index (χ0) is 11.8. The van der Waals surface area contributed by atoms with Crippen LogP contribution in [0.15, 0.2) is 30.3 Å². The second-order valence-electron chi connectivity index (χ2n) is 4.42. The van der Waals surface area contributed by atoms with Gasteiger partial charge in [-0.15, -0.1) is 11.3 Å². The van der Waals surface area contributed by atoms with Gasteiger partial charge >= 0.3 is 0 Å². The molecule has 0 amide bonds. The van der Waals surface area contributed by atoms with Crippen LogP contribution in [0, 0.1) is 5.82 Å². The van der Waals surface area contributed by atoms with Gasteiger partial charge < -0.3 is 5.32 Å². The highest BCUT2D eigenvalue weighted by molar-refractivity contribution is 7.15. The van der Waals surface area contributed by atoms with E-state index >= 15 is 0 Å². The molecule has 1 nitrogen and oxygen atoms in total. The van der Waals surface area contributed by atoms with Gasteiger partial charge in [0.25, 0.3) is 0 Å². The molecular formula is C14H14FNS. The first-order valence-corrected chi connectivity index (χ1v) is 6.67. The molecule has 3 rings (SSSR count). The quantitative estimate of drug-likeness (QED) is 0.809. The van der Waals surface area contributed by atoms with Gasteiger partial charge in [-0.25, -0.2) is 4.39 Å². The molecule has 1 atom stereocenters. The van der Waals surface area contributed by atoms with E-state index in [0.29, 0.717) is 6.04 Å². The lowest BCUT2D eigenvalue weighted by atomic mass is 10.0. The van der Waals surface area contributed by atoms with E-state index in [1.54, 1.807) is 0 Å². The minimum absolute atomic E-state index is 0.176. The number of rotatable bonds is 1. The molecule has 2 heterocycles. The number of hydrogen-bond donors (Lipinski definition) is 1. The van der Waals surface area contributed by atoms with E-state index in [1.807, 2.05) is 23.5 Å². The molecule has 0 spiro atoms. The zero-order valence-corrected chi connectivity index (χ0v) is 10.5. The Morgan fingerprint density at radius 2 is 2.06 bits per heavy atom. The first-order valence-electron chi connectivity index (χ1n) is 5.86. The number of fused-ring (bicyclic) bond motifs is 1. The van der Waals surface area contributed by atoms with Crippen molar-refractivity contribution < 1.29 is 4.39 Å². The molecule has 0 fully saturated rings. The topological polar surface area (TPSA) is 12.0 Å². The van der Waals surface area contributed by atoms with Crippen LogP contribution in [0.3, 0.4) is 0 Å². The number of halogens is 1. The maximum Gasteiger partial charge on any atom is 0.123 e. The average molecular weight is 247 g/mol. The minimum atomic E-state index is -0.176. The molecule has 1 N–H and O–H groups in total. The molecule has 0 aliphatic carbocycles. The fourth-order valence-corrected chi connectivity index (χ4v) is 3.54. The number of benzene rings is 1. The fraction of sp³-hybridized carbons (Fsp3) is 0.286. The molecule has 0 bridgehead atoms. The molecule has 2 aromatic rings. The van der Waals surface area contributed by atoms with E-state index in [9.17, 15) is 4.39 Å². The van der Waals surface area contributed by atoms with Crippen molar-refractivity contribution >= 4 is 11.3 Å². The molecular weight excluding hydrogens is 233 g/mol. The molecule has 17 heavy (non-hydrogen) atoms. The van der Waals surface area contributed by atoms with Gasteiger partial charge in [-0.05, 0) is 42.7 Å². The van der Waals surface area contributed by atoms with E-state index in [-0.39, 0.29) is 5.82 Å². The Hall–Kier alpha value is -1.19. The highest BCUT2D eigenvalue weighted by Gasteiger charge is 2.19. The van der Waals surface area contributed by atoms with Crippen LogP contribution in [-0.2, 0) is 6.42 Å². The number of hydrogen-bond acceptors (Lipinski definition) is 2. The summed E-state index contributed by atoms with van der Waals surface area (Å²) in [4.78, 5) is 2.71. The van der Waals surface area contributed by atoms with Crippen molar-refractivity contribution in [3.63, 3.8) is 0 Å². The molecule has 0 saturated carbocycles. The lowest BCUT2D eigenvalue weighted by Gasteiger charge is -2.19. The van der Waals surface area contributed by atoms with Crippen molar-refractivity contribution in [2.75, 3.05) is 6.54 Å². The first kappa shape index (κ1) is 10.9. The third-order valence-corrected chi connectivity index (χ3v) is 4.50.